The van der Waals surface area contributed by atoms with Crippen molar-refractivity contribution in [2.75, 3.05) is 37.4 Å². The summed E-state index contributed by atoms with van der Waals surface area (Å²) in [6.07, 6.45) is 0.773. The van der Waals surface area contributed by atoms with Crippen molar-refractivity contribution in [3.63, 3.8) is 0 Å². The Morgan fingerprint density at radius 1 is 0.946 bits per heavy atom. The van der Waals surface area contributed by atoms with Crippen LogP contribution in [0.3, 0.4) is 0 Å². The number of sulfonamides is 1. The molecule has 0 saturated heterocycles. The van der Waals surface area contributed by atoms with E-state index in [4.69, 9.17) is 9.47 Å². The smallest absolute Gasteiger partial charge is 0.264 e. The lowest BCUT2D eigenvalue weighted by molar-refractivity contribution is -0.119. The van der Waals surface area contributed by atoms with Crippen molar-refractivity contribution < 1.29 is 22.7 Å². The highest BCUT2D eigenvalue weighted by Crippen LogP contribution is 2.35. The van der Waals surface area contributed by atoms with Gasteiger partial charge in [0.05, 0.1) is 24.8 Å². The molecule has 0 fully saturated rings. The van der Waals surface area contributed by atoms with Crippen molar-refractivity contribution in [1.29, 1.82) is 0 Å². The van der Waals surface area contributed by atoms with Crippen LogP contribution in [0.25, 0.3) is 0 Å². The second kappa shape index (κ2) is 13.4. The minimum atomic E-state index is -4.06. The Balaban J connectivity index is 1.69. The topological polar surface area (TPSA) is 84.9 Å². The lowest BCUT2D eigenvalue weighted by Crippen LogP contribution is -2.41. The predicted octanol–water partition coefficient (Wildman–Crippen LogP) is 4.96. The van der Waals surface area contributed by atoms with Crippen molar-refractivity contribution in [2.24, 2.45) is 0 Å². The normalized spacial score (nSPS) is 11.1. The first-order chi connectivity index (χ1) is 17.7. The Morgan fingerprint density at radius 2 is 1.70 bits per heavy atom. The van der Waals surface area contributed by atoms with E-state index in [1.165, 1.54) is 37.5 Å². The van der Waals surface area contributed by atoms with Crippen LogP contribution < -0.4 is 19.1 Å². The maximum Gasteiger partial charge on any atom is 0.264 e. The first kappa shape index (κ1) is 28.4. The molecule has 0 bridgehead atoms. The zero-order chi connectivity index (χ0) is 26.8. The first-order valence-electron chi connectivity index (χ1n) is 12.0. The van der Waals surface area contributed by atoms with Crippen LogP contribution in [0.15, 0.2) is 71.6 Å². The lowest BCUT2D eigenvalue weighted by atomic mass is 10.2. The number of rotatable bonds is 13. The third kappa shape index (κ3) is 7.90. The Labute approximate surface area is 224 Å². The van der Waals surface area contributed by atoms with Crippen LogP contribution in [0.4, 0.5) is 5.69 Å². The van der Waals surface area contributed by atoms with E-state index in [1.807, 2.05) is 6.92 Å². The lowest BCUT2D eigenvalue weighted by Gasteiger charge is -2.26. The van der Waals surface area contributed by atoms with Gasteiger partial charge in [0.2, 0.25) is 5.91 Å². The van der Waals surface area contributed by atoms with Gasteiger partial charge in [-0.2, -0.15) is 11.8 Å². The Kier molecular flexibility index (Phi) is 10.3. The van der Waals surface area contributed by atoms with Crippen molar-refractivity contribution in [2.45, 2.75) is 30.9 Å². The largest absolute Gasteiger partial charge is 0.497 e. The number of ether oxygens (including phenoxy) is 2. The van der Waals surface area contributed by atoms with E-state index >= 15 is 0 Å². The summed E-state index contributed by atoms with van der Waals surface area (Å²) in [6, 6.07) is 19.8. The Morgan fingerprint density at radius 3 is 2.38 bits per heavy atom. The number of thioether (sulfide) groups is 1. The average molecular weight is 543 g/mol. The molecular formula is C28H34N2O5S2. The number of aryl methyl sites for hydroxylation is 2. The maximum atomic E-state index is 13.7. The predicted molar refractivity (Wildman–Crippen MR) is 150 cm³/mol. The number of anilines is 1. The third-order valence-electron chi connectivity index (χ3n) is 5.69. The van der Waals surface area contributed by atoms with Crippen LogP contribution in [0, 0.1) is 13.8 Å². The van der Waals surface area contributed by atoms with Gasteiger partial charge >= 0.3 is 0 Å². The van der Waals surface area contributed by atoms with Gasteiger partial charge < -0.3 is 14.8 Å². The molecule has 0 radical (unpaired) electrons. The summed E-state index contributed by atoms with van der Waals surface area (Å²) in [7, 11) is -1.12. The van der Waals surface area contributed by atoms with Gasteiger partial charge in [-0.15, -0.1) is 0 Å². The van der Waals surface area contributed by atoms with Gasteiger partial charge in [-0.1, -0.05) is 47.5 Å². The number of nitrogens with one attached hydrogen (secondary N) is 1. The average Bonchev–Trinajstić information content (AvgIpc) is 2.89. The molecule has 0 saturated carbocycles. The van der Waals surface area contributed by atoms with E-state index in [2.05, 4.69) is 36.5 Å². The summed E-state index contributed by atoms with van der Waals surface area (Å²) >= 11 is 1.80. The number of benzene rings is 3. The zero-order valence-corrected chi connectivity index (χ0v) is 23.3. The molecule has 37 heavy (non-hydrogen) atoms. The van der Waals surface area contributed by atoms with E-state index in [0.717, 1.165) is 27.8 Å². The minimum absolute atomic E-state index is 0.0864. The van der Waals surface area contributed by atoms with E-state index in [9.17, 15) is 13.2 Å². The fourth-order valence-corrected chi connectivity index (χ4v) is 6.04. The quantitative estimate of drug-likeness (QED) is 0.308. The third-order valence-corrected chi connectivity index (χ3v) is 8.58. The van der Waals surface area contributed by atoms with E-state index in [0.29, 0.717) is 18.0 Å². The molecule has 0 atom stereocenters. The van der Waals surface area contributed by atoms with Gasteiger partial charge in [-0.05, 0) is 55.9 Å². The van der Waals surface area contributed by atoms with Crippen molar-refractivity contribution >= 4 is 33.4 Å². The van der Waals surface area contributed by atoms with Gasteiger partial charge in [0, 0.05) is 18.4 Å². The molecule has 1 amide bonds. The monoisotopic (exact) mass is 542 g/mol. The van der Waals surface area contributed by atoms with Gasteiger partial charge in [0.15, 0.2) is 0 Å². The number of carbonyl (C=O) groups excluding carboxylic acids is 1. The van der Waals surface area contributed by atoms with Crippen LogP contribution in [-0.4, -0.2) is 47.4 Å². The summed E-state index contributed by atoms with van der Waals surface area (Å²) < 4.78 is 39.1. The summed E-state index contributed by atoms with van der Waals surface area (Å²) in [5.41, 5.74) is 3.68. The highest BCUT2D eigenvalue weighted by molar-refractivity contribution is 7.98. The van der Waals surface area contributed by atoms with Crippen LogP contribution in [-0.2, 0) is 20.6 Å². The Bertz CT molecular complexity index is 1290. The molecule has 0 aliphatic rings. The van der Waals surface area contributed by atoms with Crippen molar-refractivity contribution in [1.82, 2.24) is 5.32 Å². The zero-order valence-electron chi connectivity index (χ0n) is 21.7. The molecule has 0 unspecified atom stereocenters. The number of hydrogen-bond acceptors (Lipinski definition) is 6. The molecule has 1 N–H and O–H groups in total. The van der Waals surface area contributed by atoms with Crippen LogP contribution in [0.1, 0.15) is 23.1 Å². The molecule has 0 spiro atoms. The second-order valence-electron chi connectivity index (χ2n) is 8.61. The maximum absolute atomic E-state index is 13.7. The fourth-order valence-electron chi connectivity index (χ4n) is 3.71. The SMILES string of the molecule is COc1ccc(OC)c(N(CC(=O)NCCCSCc2cccc(C)c2)S(=O)(=O)c2ccc(C)cc2)c1. The van der Waals surface area contributed by atoms with Gasteiger partial charge in [0.25, 0.3) is 10.0 Å². The molecule has 198 valence electrons. The number of nitrogens with zero attached hydrogens (tertiary/aromatic N) is 1. The minimum Gasteiger partial charge on any atom is -0.497 e. The standard InChI is InChI=1S/C28H34N2O5S2/c1-21-9-12-25(13-10-21)37(32,33)30(26-18-24(34-3)11-14-27(26)35-4)19-28(31)29-15-6-16-36-20-23-8-5-7-22(2)17-23/h5,7-14,17-18H,6,15-16,19-20H2,1-4H3,(H,29,31). The van der Waals surface area contributed by atoms with Crippen molar-refractivity contribution in [3.8, 4) is 11.5 Å². The molecular weight excluding hydrogens is 508 g/mol. The molecule has 0 aliphatic heterocycles. The number of carbonyl (C=O) groups is 1. The fraction of sp³-hybridized carbons (Fsp3) is 0.321. The molecule has 9 heteroatoms. The van der Waals surface area contributed by atoms with Crippen LogP contribution in [0.5, 0.6) is 11.5 Å². The van der Waals surface area contributed by atoms with Crippen molar-refractivity contribution in [3.05, 3.63) is 83.4 Å². The highest BCUT2D eigenvalue weighted by atomic mass is 32.2. The molecule has 3 rings (SSSR count). The van der Waals surface area contributed by atoms with E-state index < -0.39 is 22.5 Å². The summed E-state index contributed by atoms with van der Waals surface area (Å²) in [5, 5.41) is 2.86. The van der Waals surface area contributed by atoms with E-state index in [1.54, 1.807) is 42.1 Å². The molecule has 0 aliphatic carbocycles. The molecule has 0 aromatic heterocycles. The number of amides is 1. The van der Waals surface area contributed by atoms with Gasteiger partial charge in [-0.25, -0.2) is 8.42 Å². The van der Waals surface area contributed by atoms with Crippen LogP contribution in [0.2, 0.25) is 0 Å². The van der Waals surface area contributed by atoms with E-state index in [-0.39, 0.29) is 10.6 Å². The highest BCUT2D eigenvalue weighted by Gasteiger charge is 2.30. The summed E-state index contributed by atoms with van der Waals surface area (Å²) in [5.74, 6) is 2.16. The molecule has 3 aromatic carbocycles. The molecule has 0 heterocycles. The van der Waals surface area contributed by atoms with Gasteiger partial charge in [0.1, 0.15) is 18.0 Å². The summed E-state index contributed by atoms with van der Waals surface area (Å²) in [6.45, 7) is 4.02. The molecule has 7 nitrogen and oxygen atoms in total. The van der Waals surface area contributed by atoms with Crippen LogP contribution >= 0.6 is 11.8 Å². The second-order valence-corrected chi connectivity index (χ2v) is 11.6. The first-order valence-corrected chi connectivity index (χ1v) is 14.6. The Hall–Kier alpha value is -3.17. The number of hydrogen-bond donors (Lipinski definition) is 1. The summed E-state index contributed by atoms with van der Waals surface area (Å²) in [4.78, 5) is 13.0. The van der Waals surface area contributed by atoms with Gasteiger partial charge in [-0.3, -0.25) is 9.10 Å². The molecule has 3 aromatic rings. The number of methoxy groups -OCH3 is 2.